The largest absolute Gasteiger partial charge is 0.469 e. The molecule has 0 bridgehead atoms. The lowest BCUT2D eigenvalue weighted by Crippen LogP contribution is -2.29. The standard InChI is InChI=1S/C31H33O8P/c1-3-5-7-9-11-13-14-15-16-18-19-21-23-25-30(32)37-27-29(28-38-40(34,35)36)39-31(33)26-24-22-20-17-12-10-8-6-4-2/h29H,4,6,8,10,12,17,20,22,24,26-28H2,1-2H3,(H2,34,35,36)/t29-/m1/s1. The van der Waals surface area contributed by atoms with Gasteiger partial charge in [-0.05, 0) is 84.4 Å². The van der Waals surface area contributed by atoms with Gasteiger partial charge in [-0.15, -0.1) is 0 Å². The molecule has 0 radical (unpaired) electrons. The third-order valence-corrected chi connectivity index (χ3v) is 5.07. The van der Waals surface area contributed by atoms with Gasteiger partial charge in [0.15, 0.2) is 6.10 Å². The summed E-state index contributed by atoms with van der Waals surface area (Å²) in [6.45, 7) is 2.68. The monoisotopic (exact) mass is 564 g/mol. The molecule has 210 valence electrons. The SMILES string of the molecule is CC#CC#CC#CC#CC#CC#CC#CC(=O)OC[C@H](COP(=O)(O)O)OC(=O)CCCCCCCCCCC. The van der Waals surface area contributed by atoms with Gasteiger partial charge in [0.25, 0.3) is 0 Å². The van der Waals surface area contributed by atoms with Crippen molar-refractivity contribution in [1.29, 1.82) is 0 Å². The van der Waals surface area contributed by atoms with Gasteiger partial charge < -0.3 is 19.3 Å². The average molecular weight is 565 g/mol. The van der Waals surface area contributed by atoms with Crippen molar-refractivity contribution in [2.75, 3.05) is 13.2 Å². The van der Waals surface area contributed by atoms with E-state index in [0.29, 0.717) is 6.42 Å². The third kappa shape index (κ3) is 27.0. The lowest BCUT2D eigenvalue weighted by Gasteiger charge is -2.17. The van der Waals surface area contributed by atoms with Crippen LogP contribution in [0.3, 0.4) is 0 Å². The van der Waals surface area contributed by atoms with E-state index in [9.17, 15) is 14.2 Å². The molecule has 0 aromatic rings. The second kappa shape index (κ2) is 25.3. The fourth-order valence-corrected chi connectivity index (χ4v) is 3.14. The number of carbonyl (C=O) groups is 2. The lowest BCUT2D eigenvalue weighted by atomic mass is 10.1. The van der Waals surface area contributed by atoms with Crippen molar-refractivity contribution in [3.05, 3.63) is 0 Å². The number of hydrogen-bond acceptors (Lipinski definition) is 6. The quantitative estimate of drug-likeness (QED) is 0.0961. The number of phosphoric ester groups is 1. The number of ether oxygens (including phenoxy) is 2. The van der Waals surface area contributed by atoms with E-state index in [1.54, 1.807) is 6.92 Å². The molecule has 0 aromatic heterocycles. The van der Waals surface area contributed by atoms with Gasteiger partial charge in [-0.1, -0.05) is 64.2 Å². The molecule has 8 nitrogen and oxygen atoms in total. The van der Waals surface area contributed by atoms with E-state index in [-0.39, 0.29) is 6.42 Å². The van der Waals surface area contributed by atoms with Crippen LogP contribution in [0, 0.1) is 82.9 Å². The van der Waals surface area contributed by atoms with Gasteiger partial charge in [-0.25, -0.2) is 9.36 Å². The maximum absolute atomic E-state index is 12.1. The van der Waals surface area contributed by atoms with Crippen LogP contribution < -0.4 is 0 Å². The maximum Gasteiger partial charge on any atom is 0.469 e. The smallest absolute Gasteiger partial charge is 0.456 e. The van der Waals surface area contributed by atoms with Crippen molar-refractivity contribution < 1.29 is 37.9 Å². The summed E-state index contributed by atoms with van der Waals surface area (Å²) in [5.41, 5.74) is 0. The summed E-state index contributed by atoms with van der Waals surface area (Å²) in [5, 5.41) is 0. The number of unbranched alkanes of at least 4 members (excludes halogenated alkanes) is 8. The molecule has 0 saturated heterocycles. The molecule has 2 N–H and O–H groups in total. The highest BCUT2D eigenvalue weighted by atomic mass is 31.2. The molecule has 0 fully saturated rings. The van der Waals surface area contributed by atoms with Gasteiger partial charge in [0, 0.05) is 12.3 Å². The first-order chi connectivity index (χ1) is 19.3. The van der Waals surface area contributed by atoms with Crippen LogP contribution >= 0.6 is 7.82 Å². The maximum atomic E-state index is 12.1. The first-order valence-corrected chi connectivity index (χ1v) is 14.3. The van der Waals surface area contributed by atoms with Crippen LogP contribution in [0.2, 0.25) is 0 Å². The molecule has 0 amide bonds. The van der Waals surface area contributed by atoms with E-state index in [0.717, 1.165) is 19.3 Å². The van der Waals surface area contributed by atoms with Gasteiger partial charge in [0.1, 0.15) is 6.61 Å². The fraction of sp³-hybridized carbons (Fsp3) is 0.484. The highest BCUT2D eigenvalue weighted by Crippen LogP contribution is 2.35. The Morgan fingerprint density at radius 3 is 1.68 bits per heavy atom. The number of carbonyl (C=O) groups excluding carboxylic acids is 2. The van der Waals surface area contributed by atoms with Crippen LogP contribution in [-0.4, -0.2) is 41.0 Å². The molecule has 0 aliphatic carbocycles. The Morgan fingerprint density at radius 2 is 1.18 bits per heavy atom. The molecule has 0 aliphatic heterocycles. The predicted octanol–water partition coefficient (Wildman–Crippen LogP) is 3.52. The summed E-state index contributed by atoms with van der Waals surface area (Å²) in [6.07, 6.45) is 8.64. The summed E-state index contributed by atoms with van der Waals surface area (Å²) in [5.74, 6) is 32.2. The van der Waals surface area contributed by atoms with Crippen LogP contribution in [0.25, 0.3) is 0 Å². The van der Waals surface area contributed by atoms with Crippen LogP contribution in [0.5, 0.6) is 0 Å². The first kappa shape index (κ1) is 36.0. The van der Waals surface area contributed by atoms with Crippen molar-refractivity contribution in [3.63, 3.8) is 0 Å². The number of esters is 2. The fourth-order valence-electron chi connectivity index (χ4n) is 2.78. The molecule has 0 unspecified atom stereocenters. The minimum atomic E-state index is -4.82. The van der Waals surface area contributed by atoms with Crippen molar-refractivity contribution >= 4 is 19.8 Å². The second-order valence-electron chi connectivity index (χ2n) is 7.95. The highest BCUT2D eigenvalue weighted by Gasteiger charge is 2.22. The van der Waals surface area contributed by atoms with Crippen LogP contribution in [0.4, 0.5) is 0 Å². The minimum Gasteiger partial charge on any atom is -0.456 e. The molecular weight excluding hydrogens is 531 g/mol. The normalized spacial score (nSPS) is 9.60. The average Bonchev–Trinajstić information content (AvgIpc) is 2.91. The molecule has 9 heteroatoms. The van der Waals surface area contributed by atoms with Gasteiger partial charge in [0.2, 0.25) is 0 Å². The van der Waals surface area contributed by atoms with E-state index in [2.05, 4.69) is 94.3 Å². The Morgan fingerprint density at radius 1 is 0.700 bits per heavy atom. The second-order valence-corrected chi connectivity index (χ2v) is 9.19. The molecule has 1 atom stereocenters. The highest BCUT2D eigenvalue weighted by molar-refractivity contribution is 7.46. The van der Waals surface area contributed by atoms with Crippen LogP contribution in [-0.2, 0) is 28.2 Å². The van der Waals surface area contributed by atoms with Gasteiger partial charge in [-0.3, -0.25) is 9.32 Å². The zero-order valence-corrected chi connectivity index (χ0v) is 23.7. The van der Waals surface area contributed by atoms with E-state index in [1.807, 2.05) is 0 Å². The van der Waals surface area contributed by atoms with E-state index >= 15 is 0 Å². The summed E-state index contributed by atoms with van der Waals surface area (Å²) < 4.78 is 25.5. The van der Waals surface area contributed by atoms with Crippen molar-refractivity contribution in [2.24, 2.45) is 0 Å². The Labute approximate surface area is 237 Å². The summed E-state index contributed by atoms with van der Waals surface area (Å²) in [7, 11) is -4.82. The lowest BCUT2D eigenvalue weighted by molar-refractivity contribution is -0.158. The third-order valence-electron chi connectivity index (χ3n) is 4.59. The molecule has 0 heterocycles. The molecule has 0 saturated carbocycles. The molecule has 0 spiro atoms. The molecule has 0 aromatic carbocycles. The predicted molar refractivity (Wildman–Crippen MR) is 151 cm³/mol. The summed E-state index contributed by atoms with van der Waals surface area (Å²) in [4.78, 5) is 41.8. The molecule has 0 rings (SSSR count). The zero-order valence-electron chi connectivity index (χ0n) is 22.9. The van der Waals surface area contributed by atoms with Crippen molar-refractivity contribution in [2.45, 2.75) is 84.2 Å². The Hall–Kier alpha value is -4.03. The van der Waals surface area contributed by atoms with E-state index in [4.69, 9.17) is 19.3 Å². The first-order valence-electron chi connectivity index (χ1n) is 12.8. The van der Waals surface area contributed by atoms with Crippen LogP contribution in [0.15, 0.2) is 0 Å². The van der Waals surface area contributed by atoms with E-state index < -0.39 is 39.1 Å². The van der Waals surface area contributed by atoms with Gasteiger partial charge in [0.05, 0.1) is 6.61 Å². The number of phosphoric acid groups is 1. The van der Waals surface area contributed by atoms with Crippen molar-refractivity contribution in [1.82, 2.24) is 0 Å². The minimum absolute atomic E-state index is 0.131. The molecular formula is C31H33O8P. The van der Waals surface area contributed by atoms with E-state index in [1.165, 1.54) is 32.1 Å². The molecule has 0 aliphatic rings. The number of hydrogen-bond donors (Lipinski definition) is 2. The van der Waals surface area contributed by atoms with Crippen molar-refractivity contribution in [3.8, 4) is 82.9 Å². The zero-order chi connectivity index (χ0) is 29.7. The summed E-state index contributed by atoms with van der Waals surface area (Å²) in [6, 6.07) is 0. The Bertz CT molecular complexity index is 1290. The van der Waals surface area contributed by atoms with Crippen LogP contribution in [0.1, 0.15) is 78.1 Å². The molecule has 40 heavy (non-hydrogen) atoms. The Balaban J connectivity index is 4.59. The Kier molecular flexibility index (Phi) is 22.7. The summed E-state index contributed by atoms with van der Waals surface area (Å²) >= 11 is 0. The number of rotatable bonds is 16. The van der Waals surface area contributed by atoms with Gasteiger partial charge >= 0.3 is 19.8 Å². The topological polar surface area (TPSA) is 119 Å². The van der Waals surface area contributed by atoms with Gasteiger partial charge in [-0.2, -0.15) is 0 Å².